The minimum Gasteiger partial charge on any atom is -0.373 e. The van der Waals surface area contributed by atoms with Crippen LogP contribution in [-0.4, -0.2) is 57.3 Å². The zero-order chi connectivity index (χ0) is 19.4. The molecule has 0 aliphatic rings. The van der Waals surface area contributed by atoms with Crippen LogP contribution < -0.4 is 0 Å². The molecule has 0 saturated carbocycles. The SMILES string of the molecule is CCO[Si](OCC)(OCC)C(CC)(CC)[Si](OCC)(OCC)OCC. The Hall–Kier alpha value is 0.194. The van der Waals surface area contributed by atoms with Gasteiger partial charge in [0.05, 0.1) is 0 Å². The molecule has 0 amide bonds. The standard InChI is InChI=1S/C17H40O6Si2/c1-9-17(10-2,24(18-11-3,19-12-4)20-13-5)25(21-14-6,22-15-7)23-16-8/h9-16H2,1-8H3. The lowest BCUT2D eigenvalue weighted by Crippen LogP contribution is -2.70. The maximum Gasteiger partial charge on any atom is 0.512 e. The number of rotatable bonds is 16. The van der Waals surface area contributed by atoms with Crippen molar-refractivity contribution in [2.45, 2.75) is 72.9 Å². The third-order valence-corrected chi connectivity index (χ3v) is 14.0. The molecule has 0 saturated heterocycles. The summed E-state index contributed by atoms with van der Waals surface area (Å²) in [6.07, 6.45) is 1.50. The molecule has 0 atom stereocenters. The Morgan fingerprint density at radius 2 is 0.640 bits per heavy atom. The second-order valence-electron chi connectivity index (χ2n) is 5.50. The first kappa shape index (κ1) is 25.2. The summed E-state index contributed by atoms with van der Waals surface area (Å²) in [5.41, 5.74) is 0. The van der Waals surface area contributed by atoms with Crippen LogP contribution >= 0.6 is 0 Å². The van der Waals surface area contributed by atoms with Crippen molar-refractivity contribution in [1.29, 1.82) is 0 Å². The Balaban J connectivity index is 6.54. The summed E-state index contributed by atoms with van der Waals surface area (Å²) in [4.78, 5) is 0. The molecule has 0 spiro atoms. The quantitative estimate of drug-likeness (QED) is 0.365. The average molecular weight is 397 g/mol. The second-order valence-corrected chi connectivity index (χ2v) is 11.9. The van der Waals surface area contributed by atoms with E-state index in [1.165, 1.54) is 0 Å². The van der Waals surface area contributed by atoms with E-state index in [2.05, 4.69) is 13.8 Å². The van der Waals surface area contributed by atoms with Gasteiger partial charge in [-0.05, 0) is 54.4 Å². The lowest BCUT2D eigenvalue weighted by Gasteiger charge is -2.51. The molecule has 0 aromatic rings. The van der Waals surface area contributed by atoms with Crippen LogP contribution in [0, 0.1) is 0 Å². The summed E-state index contributed by atoms with van der Waals surface area (Å²) in [5.74, 6) is 0. The largest absolute Gasteiger partial charge is 0.512 e. The van der Waals surface area contributed by atoms with E-state index in [9.17, 15) is 0 Å². The van der Waals surface area contributed by atoms with Crippen molar-refractivity contribution in [3.8, 4) is 0 Å². The zero-order valence-electron chi connectivity index (χ0n) is 17.6. The van der Waals surface area contributed by atoms with E-state index < -0.39 is 22.3 Å². The van der Waals surface area contributed by atoms with Crippen LogP contribution in [0.15, 0.2) is 0 Å². The molecular formula is C17H40O6Si2. The van der Waals surface area contributed by atoms with Crippen molar-refractivity contribution in [1.82, 2.24) is 0 Å². The predicted molar refractivity (Wildman–Crippen MR) is 105 cm³/mol. The van der Waals surface area contributed by atoms with Gasteiger partial charge in [-0.3, -0.25) is 0 Å². The summed E-state index contributed by atoms with van der Waals surface area (Å²) in [6.45, 7) is 19.2. The minimum absolute atomic E-state index is 0.517. The van der Waals surface area contributed by atoms with Gasteiger partial charge in [-0.25, -0.2) is 0 Å². The molecule has 6 nitrogen and oxygen atoms in total. The minimum atomic E-state index is -3.14. The van der Waals surface area contributed by atoms with Gasteiger partial charge in [0.15, 0.2) is 0 Å². The van der Waals surface area contributed by atoms with E-state index in [1.807, 2.05) is 41.5 Å². The van der Waals surface area contributed by atoms with E-state index in [0.29, 0.717) is 39.6 Å². The first-order valence-electron chi connectivity index (χ1n) is 9.82. The van der Waals surface area contributed by atoms with Gasteiger partial charge in [0, 0.05) is 39.6 Å². The van der Waals surface area contributed by atoms with Crippen LogP contribution in [0.4, 0.5) is 0 Å². The molecule has 0 N–H and O–H groups in total. The molecule has 0 heterocycles. The second kappa shape index (κ2) is 12.6. The predicted octanol–water partition coefficient (Wildman–Crippen LogP) is 4.18. The monoisotopic (exact) mass is 396 g/mol. The highest BCUT2D eigenvalue weighted by Gasteiger charge is 2.75. The normalized spacial score (nSPS) is 13.4. The van der Waals surface area contributed by atoms with Crippen LogP contribution in [0.1, 0.15) is 68.2 Å². The van der Waals surface area contributed by atoms with Crippen molar-refractivity contribution < 1.29 is 26.6 Å². The molecule has 0 aliphatic heterocycles. The van der Waals surface area contributed by atoms with Crippen molar-refractivity contribution in [2.24, 2.45) is 0 Å². The molecule has 0 radical (unpaired) electrons. The summed E-state index contributed by atoms with van der Waals surface area (Å²) in [5, 5.41) is 0. The average Bonchev–Trinajstić information content (AvgIpc) is 2.58. The lowest BCUT2D eigenvalue weighted by molar-refractivity contribution is 0.00812. The van der Waals surface area contributed by atoms with Crippen molar-refractivity contribution in [3.05, 3.63) is 0 Å². The maximum absolute atomic E-state index is 6.29. The fraction of sp³-hybridized carbons (Fsp3) is 1.00. The van der Waals surface area contributed by atoms with E-state index in [0.717, 1.165) is 12.8 Å². The third kappa shape index (κ3) is 5.13. The van der Waals surface area contributed by atoms with Gasteiger partial charge in [-0.2, -0.15) is 0 Å². The fourth-order valence-electron chi connectivity index (χ4n) is 3.52. The van der Waals surface area contributed by atoms with Crippen LogP contribution in [0.3, 0.4) is 0 Å². The highest BCUT2D eigenvalue weighted by molar-refractivity contribution is 6.85. The Bertz CT molecular complexity index is 277. The molecule has 0 aromatic carbocycles. The third-order valence-electron chi connectivity index (χ3n) is 4.39. The number of hydrogen-bond donors (Lipinski definition) is 0. The van der Waals surface area contributed by atoms with E-state index in [4.69, 9.17) is 26.6 Å². The Kier molecular flexibility index (Phi) is 12.7. The topological polar surface area (TPSA) is 55.4 Å². The van der Waals surface area contributed by atoms with E-state index in [1.54, 1.807) is 0 Å². The molecule has 0 unspecified atom stereocenters. The van der Waals surface area contributed by atoms with Gasteiger partial charge >= 0.3 is 17.6 Å². The molecule has 0 aliphatic carbocycles. The van der Waals surface area contributed by atoms with Gasteiger partial charge in [0.2, 0.25) is 0 Å². The first-order valence-corrected chi connectivity index (χ1v) is 13.3. The van der Waals surface area contributed by atoms with Crippen molar-refractivity contribution in [3.63, 3.8) is 0 Å². The molecule has 0 aromatic heterocycles. The van der Waals surface area contributed by atoms with Crippen molar-refractivity contribution >= 4 is 17.6 Å². The zero-order valence-corrected chi connectivity index (χ0v) is 19.6. The van der Waals surface area contributed by atoms with Crippen LogP contribution in [0.25, 0.3) is 0 Å². The van der Waals surface area contributed by atoms with E-state index in [-0.39, 0.29) is 0 Å². The Morgan fingerprint density at radius 3 is 0.760 bits per heavy atom. The van der Waals surface area contributed by atoms with Crippen LogP contribution in [0.2, 0.25) is 4.66 Å². The van der Waals surface area contributed by atoms with Gasteiger partial charge in [0.25, 0.3) is 0 Å². The first-order chi connectivity index (χ1) is 12.0. The molecule has 0 fully saturated rings. The van der Waals surface area contributed by atoms with E-state index >= 15 is 0 Å². The summed E-state index contributed by atoms with van der Waals surface area (Å²) in [6, 6.07) is 0. The molecule has 152 valence electrons. The molecular weight excluding hydrogens is 356 g/mol. The Morgan fingerprint density at radius 1 is 0.440 bits per heavy atom. The molecule has 0 rings (SSSR count). The van der Waals surface area contributed by atoms with Crippen LogP contribution in [0.5, 0.6) is 0 Å². The van der Waals surface area contributed by atoms with Gasteiger partial charge in [-0.1, -0.05) is 13.8 Å². The molecule has 0 bridgehead atoms. The molecule has 8 heteroatoms. The summed E-state index contributed by atoms with van der Waals surface area (Å²) >= 11 is 0. The van der Waals surface area contributed by atoms with Gasteiger partial charge in [0.1, 0.15) is 4.66 Å². The maximum atomic E-state index is 6.29. The summed E-state index contributed by atoms with van der Waals surface area (Å²) < 4.78 is 37.2. The number of hydrogen-bond acceptors (Lipinski definition) is 6. The lowest BCUT2D eigenvalue weighted by atomic mass is 10.2. The van der Waals surface area contributed by atoms with Crippen molar-refractivity contribution in [2.75, 3.05) is 39.6 Å². The highest BCUT2D eigenvalue weighted by atomic mass is 28.5. The summed E-state index contributed by atoms with van der Waals surface area (Å²) in [7, 11) is -6.27. The smallest absolute Gasteiger partial charge is 0.373 e. The Labute approximate surface area is 157 Å². The van der Waals surface area contributed by atoms with Gasteiger partial charge in [-0.15, -0.1) is 0 Å². The fourth-order valence-corrected chi connectivity index (χ4v) is 12.5. The molecule has 25 heavy (non-hydrogen) atoms. The highest BCUT2D eigenvalue weighted by Crippen LogP contribution is 2.54. The van der Waals surface area contributed by atoms with Crippen LogP contribution in [-0.2, 0) is 26.6 Å². The van der Waals surface area contributed by atoms with Gasteiger partial charge < -0.3 is 26.6 Å².